The Labute approximate surface area is 204 Å². The number of benzene rings is 1. The first kappa shape index (κ1) is 25.1. The van der Waals surface area contributed by atoms with E-state index >= 15 is 0 Å². The molecule has 10 nitrogen and oxygen atoms in total. The first-order valence-corrected chi connectivity index (χ1v) is 13.1. The molecule has 0 amide bonds. The molecule has 0 radical (unpaired) electrons. The summed E-state index contributed by atoms with van der Waals surface area (Å²) in [6, 6.07) is 5.64. The molecule has 3 heterocycles. The summed E-state index contributed by atoms with van der Waals surface area (Å²) in [5.41, 5.74) is 0.406. The van der Waals surface area contributed by atoms with Crippen molar-refractivity contribution in [1.82, 2.24) is 9.55 Å². The van der Waals surface area contributed by atoms with Crippen LogP contribution in [0.5, 0.6) is 5.75 Å². The van der Waals surface area contributed by atoms with Gasteiger partial charge in [0.1, 0.15) is 18.1 Å². The molecule has 2 aliphatic heterocycles. The minimum absolute atomic E-state index is 0.0594. The molecule has 12 heteroatoms. The summed E-state index contributed by atoms with van der Waals surface area (Å²) >= 11 is 3.10. The van der Waals surface area contributed by atoms with Crippen LogP contribution in [0.3, 0.4) is 0 Å². The van der Waals surface area contributed by atoms with Crippen molar-refractivity contribution in [2.45, 2.75) is 57.6 Å². The van der Waals surface area contributed by atoms with Gasteiger partial charge in [-0.3, -0.25) is 23.4 Å². The highest BCUT2D eigenvalue weighted by molar-refractivity contribution is 9.11. The van der Waals surface area contributed by atoms with Crippen LogP contribution in [0.1, 0.15) is 50.1 Å². The van der Waals surface area contributed by atoms with Crippen molar-refractivity contribution in [2.75, 3.05) is 6.61 Å². The van der Waals surface area contributed by atoms with Gasteiger partial charge in [0.2, 0.25) is 0 Å². The molecule has 4 atom stereocenters. The van der Waals surface area contributed by atoms with Gasteiger partial charge < -0.3 is 14.4 Å². The Morgan fingerprint density at radius 2 is 2.12 bits per heavy atom. The molecular weight excluding hydrogens is 531 g/mol. The van der Waals surface area contributed by atoms with Gasteiger partial charge in [-0.25, -0.2) is 9.36 Å². The van der Waals surface area contributed by atoms with Crippen LogP contribution in [0, 0.1) is 0 Å². The summed E-state index contributed by atoms with van der Waals surface area (Å²) in [6.45, 7) is 5.84. The molecule has 1 aromatic carbocycles. The molecule has 2 aromatic rings. The van der Waals surface area contributed by atoms with Crippen molar-refractivity contribution < 1.29 is 28.0 Å². The third-order valence-corrected chi connectivity index (χ3v) is 7.22. The van der Waals surface area contributed by atoms with E-state index in [4.69, 9.17) is 18.3 Å². The molecule has 1 saturated heterocycles. The van der Waals surface area contributed by atoms with E-state index in [2.05, 4.69) is 20.9 Å². The fraction of sp³-hybridized carbons (Fsp3) is 0.455. The monoisotopic (exact) mass is 556 g/mol. The Morgan fingerprint density at radius 3 is 2.82 bits per heavy atom. The maximum atomic E-state index is 13.2. The van der Waals surface area contributed by atoms with Crippen molar-refractivity contribution in [3.05, 3.63) is 66.9 Å². The maximum Gasteiger partial charge on any atom is 0.530 e. The van der Waals surface area contributed by atoms with Crippen molar-refractivity contribution in [3.63, 3.8) is 0 Å². The number of hydrogen-bond acceptors (Lipinski definition) is 8. The Bertz CT molecular complexity index is 1260. The van der Waals surface area contributed by atoms with Crippen LogP contribution in [0.4, 0.5) is 0 Å². The zero-order valence-corrected chi connectivity index (χ0v) is 21.4. The molecule has 2 aliphatic rings. The molecule has 184 valence electrons. The highest BCUT2D eigenvalue weighted by atomic mass is 79.9. The number of nitrogens with one attached hydrogen (secondary N) is 1. The lowest BCUT2D eigenvalue weighted by Crippen LogP contribution is -2.33. The number of nitrogens with zero attached hydrogens (tertiary/aromatic N) is 1. The Hall–Kier alpha value is -2.01. The SMILES string of the molecule is CC(C)(C)c1cccc2c1OP(=O)(OC[C@H]1O[C@@H](n3cc(/C=C/Br)c(=O)[nH]c3=O)C[C@@H]1O)OC2. The average Bonchev–Trinajstić information content (AvgIpc) is 3.13. The highest BCUT2D eigenvalue weighted by Crippen LogP contribution is 2.56. The second-order valence-corrected chi connectivity index (χ2v) is 11.2. The fourth-order valence-electron chi connectivity index (χ4n) is 3.85. The van der Waals surface area contributed by atoms with Crippen LogP contribution in [-0.4, -0.2) is 33.5 Å². The Kier molecular flexibility index (Phi) is 7.06. The number of phosphoric ester groups is 1. The molecule has 1 fully saturated rings. The van der Waals surface area contributed by atoms with Crippen LogP contribution >= 0.6 is 23.8 Å². The number of aliphatic hydroxyl groups is 1. The van der Waals surface area contributed by atoms with Gasteiger partial charge in [-0.1, -0.05) is 54.9 Å². The van der Waals surface area contributed by atoms with Gasteiger partial charge in [0.05, 0.1) is 24.9 Å². The molecule has 0 spiro atoms. The van der Waals surface area contributed by atoms with Gasteiger partial charge in [-0.2, -0.15) is 0 Å². The number of hydrogen-bond donors (Lipinski definition) is 2. The van der Waals surface area contributed by atoms with E-state index in [0.717, 1.165) is 11.1 Å². The second-order valence-electron chi connectivity index (χ2n) is 9.13. The molecular formula is C22H26BrN2O8P. The number of aromatic nitrogens is 2. The molecule has 0 aliphatic carbocycles. The van der Waals surface area contributed by atoms with E-state index in [-0.39, 0.29) is 30.6 Å². The average molecular weight is 557 g/mol. The minimum Gasteiger partial charge on any atom is -0.403 e. The largest absolute Gasteiger partial charge is 0.530 e. The number of phosphoric acid groups is 1. The second kappa shape index (κ2) is 9.56. The van der Waals surface area contributed by atoms with Crippen LogP contribution in [0.2, 0.25) is 0 Å². The number of aromatic amines is 1. The fourth-order valence-corrected chi connectivity index (χ4v) is 5.38. The van der Waals surface area contributed by atoms with Gasteiger partial charge in [0.15, 0.2) is 0 Å². The standard InChI is InChI=1S/C22H26BrN2O8P/c1-22(2,3)15-6-4-5-14-11-30-34(29,33-19(14)15)31-12-17-16(26)9-18(32-17)25-10-13(7-8-23)20(27)24-21(25)28/h4-8,10,16-18,26H,9,11-12H2,1-3H3,(H,24,27,28)/b8-7+/t16-,17+,18+,34?/m0/s1. The normalized spacial score (nSPS) is 27.0. The van der Waals surface area contributed by atoms with Crippen LogP contribution in [0.15, 0.2) is 39.0 Å². The van der Waals surface area contributed by atoms with Crippen molar-refractivity contribution in [2.24, 2.45) is 0 Å². The Morgan fingerprint density at radius 1 is 1.35 bits per heavy atom. The van der Waals surface area contributed by atoms with Crippen LogP contribution < -0.4 is 15.8 Å². The van der Waals surface area contributed by atoms with Crippen LogP contribution in [0.25, 0.3) is 6.08 Å². The van der Waals surface area contributed by atoms with E-state index in [1.165, 1.54) is 21.8 Å². The number of aliphatic hydroxyl groups excluding tert-OH is 1. The van der Waals surface area contributed by atoms with Gasteiger partial charge in [0.25, 0.3) is 5.56 Å². The van der Waals surface area contributed by atoms with Crippen molar-refractivity contribution >= 4 is 29.8 Å². The lowest BCUT2D eigenvalue weighted by Gasteiger charge is -2.30. The third-order valence-electron chi connectivity index (χ3n) is 5.64. The lowest BCUT2D eigenvalue weighted by molar-refractivity contribution is -0.0469. The van der Waals surface area contributed by atoms with Crippen molar-refractivity contribution in [3.8, 4) is 5.75 Å². The van der Waals surface area contributed by atoms with Gasteiger partial charge in [-0.15, -0.1) is 0 Å². The summed E-state index contributed by atoms with van der Waals surface area (Å²) in [7, 11) is -3.97. The number of para-hydroxylation sites is 1. The zero-order valence-electron chi connectivity index (χ0n) is 18.9. The quantitative estimate of drug-likeness (QED) is 0.534. The first-order valence-electron chi connectivity index (χ1n) is 10.7. The maximum absolute atomic E-state index is 13.2. The van der Waals surface area contributed by atoms with Gasteiger partial charge in [-0.05, 0) is 16.5 Å². The predicted octanol–water partition coefficient (Wildman–Crippen LogP) is 3.58. The topological polar surface area (TPSA) is 129 Å². The first-order chi connectivity index (χ1) is 16.0. The molecule has 34 heavy (non-hydrogen) atoms. The van der Waals surface area contributed by atoms with E-state index in [9.17, 15) is 19.3 Å². The van der Waals surface area contributed by atoms with E-state index in [1.54, 1.807) is 0 Å². The van der Waals surface area contributed by atoms with Gasteiger partial charge >= 0.3 is 13.5 Å². The summed E-state index contributed by atoms with van der Waals surface area (Å²) in [6.07, 6.45) is 0.149. The van der Waals surface area contributed by atoms with E-state index in [1.807, 2.05) is 39.0 Å². The van der Waals surface area contributed by atoms with E-state index in [0.29, 0.717) is 5.75 Å². The summed E-state index contributed by atoms with van der Waals surface area (Å²) in [5.74, 6) is 0.475. The number of H-pyrrole nitrogens is 1. The molecule has 1 unspecified atom stereocenters. The summed E-state index contributed by atoms with van der Waals surface area (Å²) in [5, 5.41) is 10.5. The lowest BCUT2D eigenvalue weighted by atomic mass is 9.85. The van der Waals surface area contributed by atoms with E-state index < -0.39 is 37.5 Å². The molecule has 2 N–H and O–H groups in total. The number of fused-ring (bicyclic) bond motifs is 1. The van der Waals surface area contributed by atoms with Gasteiger partial charge in [0, 0.05) is 23.7 Å². The van der Waals surface area contributed by atoms with Crippen molar-refractivity contribution in [1.29, 1.82) is 0 Å². The zero-order chi connectivity index (χ0) is 24.7. The summed E-state index contributed by atoms with van der Waals surface area (Å²) < 4.78 is 36.8. The minimum atomic E-state index is -3.97. The number of rotatable bonds is 5. The summed E-state index contributed by atoms with van der Waals surface area (Å²) in [4.78, 5) is 27.9. The molecule has 4 rings (SSSR count). The number of ether oxygens (including phenoxy) is 1. The molecule has 0 bridgehead atoms. The number of halogens is 1. The predicted molar refractivity (Wildman–Crippen MR) is 128 cm³/mol. The van der Waals surface area contributed by atoms with Crippen LogP contribution in [-0.2, 0) is 30.4 Å². The highest BCUT2D eigenvalue weighted by Gasteiger charge is 2.41. The molecule has 0 saturated carbocycles. The Balaban J connectivity index is 1.48. The smallest absolute Gasteiger partial charge is 0.403 e. The molecule has 1 aromatic heterocycles. The third kappa shape index (κ3) is 5.15.